The fraction of sp³-hybridized carbons (Fsp3) is 0.773. The SMILES string of the molecule is O=C(O)C1CCC(N2CCC[C@H](Nc3nccc(N4CCCCCC4)n3)C2)CC1. The zero-order valence-corrected chi connectivity index (χ0v) is 17.4. The van der Waals surface area contributed by atoms with Crippen LogP contribution in [0.2, 0.25) is 0 Å². The molecule has 4 rings (SSSR count). The zero-order chi connectivity index (χ0) is 20.1. The topological polar surface area (TPSA) is 81.6 Å². The molecular formula is C22H35N5O2. The third-order valence-electron chi connectivity index (χ3n) is 6.92. The number of likely N-dealkylation sites (tertiary alicyclic amines) is 1. The van der Waals surface area contributed by atoms with E-state index in [2.05, 4.69) is 20.1 Å². The van der Waals surface area contributed by atoms with Crippen LogP contribution in [0.5, 0.6) is 0 Å². The first-order chi connectivity index (χ1) is 14.2. The van der Waals surface area contributed by atoms with Crippen molar-refractivity contribution in [2.75, 3.05) is 36.4 Å². The Morgan fingerprint density at radius 1 is 1.00 bits per heavy atom. The highest BCUT2D eigenvalue weighted by atomic mass is 16.4. The molecule has 0 amide bonds. The van der Waals surface area contributed by atoms with E-state index in [0.29, 0.717) is 12.1 Å². The number of carbonyl (C=O) groups is 1. The molecule has 3 fully saturated rings. The Balaban J connectivity index is 1.32. The fourth-order valence-electron chi connectivity index (χ4n) is 5.22. The van der Waals surface area contributed by atoms with E-state index in [9.17, 15) is 9.90 Å². The third-order valence-corrected chi connectivity index (χ3v) is 6.92. The predicted molar refractivity (Wildman–Crippen MR) is 114 cm³/mol. The summed E-state index contributed by atoms with van der Waals surface area (Å²) in [5.41, 5.74) is 0. The van der Waals surface area contributed by atoms with Crippen LogP contribution in [0.3, 0.4) is 0 Å². The third kappa shape index (κ3) is 5.38. The molecule has 0 radical (unpaired) electrons. The van der Waals surface area contributed by atoms with Crippen molar-refractivity contribution in [3.05, 3.63) is 12.3 Å². The lowest BCUT2D eigenvalue weighted by Crippen LogP contribution is -2.48. The van der Waals surface area contributed by atoms with Crippen molar-refractivity contribution < 1.29 is 9.90 Å². The van der Waals surface area contributed by atoms with Gasteiger partial charge in [-0.2, -0.15) is 4.98 Å². The van der Waals surface area contributed by atoms with E-state index in [1.165, 1.54) is 32.1 Å². The van der Waals surface area contributed by atoms with Crippen molar-refractivity contribution in [2.24, 2.45) is 5.92 Å². The van der Waals surface area contributed by atoms with E-state index >= 15 is 0 Å². The zero-order valence-electron chi connectivity index (χ0n) is 17.4. The fourth-order valence-corrected chi connectivity index (χ4v) is 5.22. The maximum atomic E-state index is 11.2. The summed E-state index contributed by atoms with van der Waals surface area (Å²) in [6.45, 7) is 4.30. The number of anilines is 2. The van der Waals surface area contributed by atoms with Crippen LogP contribution in [0.15, 0.2) is 12.3 Å². The first-order valence-electron chi connectivity index (χ1n) is 11.5. The number of piperidine rings is 1. The van der Waals surface area contributed by atoms with E-state index in [-0.39, 0.29) is 5.92 Å². The van der Waals surface area contributed by atoms with Crippen LogP contribution in [0, 0.1) is 5.92 Å². The summed E-state index contributed by atoms with van der Waals surface area (Å²) in [5, 5.41) is 12.8. The van der Waals surface area contributed by atoms with Crippen LogP contribution in [0.1, 0.15) is 64.2 Å². The lowest BCUT2D eigenvalue weighted by atomic mass is 9.84. The molecule has 7 nitrogen and oxygen atoms in total. The van der Waals surface area contributed by atoms with Gasteiger partial charge in [0, 0.05) is 37.9 Å². The number of hydrogen-bond acceptors (Lipinski definition) is 6. The van der Waals surface area contributed by atoms with Crippen LogP contribution in [-0.4, -0.2) is 64.2 Å². The maximum absolute atomic E-state index is 11.2. The van der Waals surface area contributed by atoms with Crippen LogP contribution < -0.4 is 10.2 Å². The van der Waals surface area contributed by atoms with E-state index in [1.54, 1.807) is 0 Å². The second-order valence-electron chi connectivity index (χ2n) is 8.96. The highest BCUT2D eigenvalue weighted by Gasteiger charge is 2.32. The van der Waals surface area contributed by atoms with Gasteiger partial charge in [-0.15, -0.1) is 0 Å². The molecule has 29 heavy (non-hydrogen) atoms. The molecule has 2 saturated heterocycles. The van der Waals surface area contributed by atoms with Gasteiger partial charge in [0.1, 0.15) is 5.82 Å². The number of rotatable bonds is 5. The molecule has 1 atom stereocenters. The number of aromatic nitrogens is 2. The number of hydrogen-bond donors (Lipinski definition) is 2. The van der Waals surface area contributed by atoms with Gasteiger partial charge >= 0.3 is 5.97 Å². The Morgan fingerprint density at radius 3 is 2.48 bits per heavy atom. The van der Waals surface area contributed by atoms with E-state index in [4.69, 9.17) is 4.98 Å². The van der Waals surface area contributed by atoms with Gasteiger partial charge in [-0.25, -0.2) is 4.98 Å². The van der Waals surface area contributed by atoms with Crippen molar-refractivity contribution in [2.45, 2.75) is 76.3 Å². The molecule has 1 aromatic rings. The minimum absolute atomic E-state index is 0.139. The van der Waals surface area contributed by atoms with E-state index in [0.717, 1.165) is 70.0 Å². The molecule has 0 unspecified atom stereocenters. The average molecular weight is 402 g/mol. The summed E-state index contributed by atoms with van der Waals surface area (Å²) in [5.74, 6) is 1.03. The van der Waals surface area contributed by atoms with Gasteiger partial charge in [0.25, 0.3) is 0 Å². The molecule has 0 spiro atoms. The molecule has 160 valence electrons. The summed E-state index contributed by atoms with van der Waals surface area (Å²) in [7, 11) is 0. The minimum atomic E-state index is -0.622. The molecular weight excluding hydrogens is 366 g/mol. The molecule has 2 N–H and O–H groups in total. The summed E-state index contributed by atoms with van der Waals surface area (Å²) in [6.07, 6.45) is 12.9. The number of carboxylic acids is 1. The van der Waals surface area contributed by atoms with Crippen LogP contribution >= 0.6 is 0 Å². The van der Waals surface area contributed by atoms with Gasteiger partial charge in [0.2, 0.25) is 5.95 Å². The van der Waals surface area contributed by atoms with E-state index < -0.39 is 5.97 Å². The van der Waals surface area contributed by atoms with Gasteiger partial charge in [-0.1, -0.05) is 12.8 Å². The normalized spacial score (nSPS) is 29.2. The van der Waals surface area contributed by atoms with Crippen molar-refractivity contribution in [1.82, 2.24) is 14.9 Å². The summed E-state index contributed by atoms with van der Waals surface area (Å²) < 4.78 is 0. The predicted octanol–water partition coefficient (Wildman–Crippen LogP) is 3.38. The van der Waals surface area contributed by atoms with Crippen LogP contribution in [0.25, 0.3) is 0 Å². The quantitative estimate of drug-likeness (QED) is 0.783. The monoisotopic (exact) mass is 401 g/mol. The standard InChI is InChI=1S/C22H35N5O2/c28-21(29)17-7-9-19(10-8-17)27-15-5-6-18(16-27)24-22-23-12-11-20(25-22)26-13-3-1-2-4-14-26/h11-12,17-19H,1-10,13-16H2,(H,28,29)(H,23,24,25)/t17?,18-,19?/m0/s1. The lowest BCUT2D eigenvalue weighted by molar-refractivity contribution is -0.143. The minimum Gasteiger partial charge on any atom is -0.481 e. The highest BCUT2D eigenvalue weighted by molar-refractivity contribution is 5.70. The summed E-state index contributed by atoms with van der Waals surface area (Å²) in [4.78, 5) is 25.5. The van der Waals surface area contributed by atoms with E-state index in [1.807, 2.05) is 12.3 Å². The average Bonchev–Trinajstić information content (AvgIpc) is 3.04. The molecule has 7 heteroatoms. The lowest BCUT2D eigenvalue weighted by Gasteiger charge is -2.41. The summed E-state index contributed by atoms with van der Waals surface area (Å²) >= 11 is 0. The Morgan fingerprint density at radius 2 is 1.76 bits per heavy atom. The molecule has 1 aliphatic carbocycles. The first kappa shape index (κ1) is 20.4. The maximum Gasteiger partial charge on any atom is 0.306 e. The van der Waals surface area contributed by atoms with Gasteiger partial charge in [0.15, 0.2) is 0 Å². The highest BCUT2D eigenvalue weighted by Crippen LogP contribution is 2.30. The van der Waals surface area contributed by atoms with Crippen molar-refractivity contribution in [3.8, 4) is 0 Å². The molecule has 2 aliphatic heterocycles. The smallest absolute Gasteiger partial charge is 0.306 e. The summed E-state index contributed by atoms with van der Waals surface area (Å²) in [6, 6.07) is 2.92. The van der Waals surface area contributed by atoms with Gasteiger partial charge in [-0.05, 0) is 64.0 Å². The van der Waals surface area contributed by atoms with Gasteiger partial charge in [-0.3, -0.25) is 9.69 Å². The number of nitrogens with zero attached hydrogens (tertiary/aromatic N) is 4. The second kappa shape index (κ2) is 9.74. The van der Waals surface area contributed by atoms with Gasteiger partial charge in [0.05, 0.1) is 5.92 Å². The first-order valence-corrected chi connectivity index (χ1v) is 11.5. The van der Waals surface area contributed by atoms with Crippen LogP contribution in [-0.2, 0) is 4.79 Å². The second-order valence-corrected chi connectivity index (χ2v) is 8.96. The van der Waals surface area contributed by atoms with Crippen LogP contribution in [0.4, 0.5) is 11.8 Å². The molecule has 0 aromatic carbocycles. The Kier molecular flexibility index (Phi) is 6.85. The van der Waals surface area contributed by atoms with Crippen molar-refractivity contribution in [3.63, 3.8) is 0 Å². The molecule has 3 aliphatic rings. The van der Waals surface area contributed by atoms with Crippen molar-refractivity contribution >= 4 is 17.7 Å². The molecule has 0 bridgehead atoms. The number of aliphatic carboxylic acids is 1. The Labute approximate surface area is 173 Å². The largest absolute Gasteiger partial charge is 0.481 e. The molecule has 1 saturated carbocycles. The molecule has 3 heterocycles. The number of carboxylic acid groups (broad SMARTS) is 1. The molecule has 1 aromatic heterocycles. The number of nitrogens with one attached hydrogen (secondary N) is 1. The van der Waals surface area contributed by atoms with Gasteiger partial charge < -0.3 is 15.3 Å². The van der Waals surface area contributed by atoms with Crippen molar-refractivity contribution in [1.29, 1.82) is 0 Å². The Bertz CT molecular complexity index is 669. The Hall–Kier alpha value is -1.89.